The molecule has 2 aliphatic rings. The molecular formula is C35H50F3N7O3. The Hall–Kier alpha value is -3.94. The molecule has 0 spiro atoms. The number of alkyl halides is 2. The highest BCUT2D eigenvalue weighted by Crippen LogP contribution is 2.46. The molecule has 2 aliphatic heterocycles. The molecule has 48 heavy (non-hydrogen) atoms. The number of aliphatic hydroxyl groups is 1. The van der Waals surface area contributed by atoms with Gasteiger partial charge in [0.1, 0.15) is 23.4 Å². The number of aromatic nitrogens is 2. The summed E-state index contributed by atoms with van der Waals surface area (Å²) in [6.07, 6.45) is 2.24. The van der Waals surface area contributed by atoms with Crippen molar-refractivity contribution >= 4 is 11.5 Å². The number of methoxy groups -OCH3 is 2. The Kier molecular flexibility index (Phi) is 13.2. The Morgan fingerprint density at radius 2 is 1.83 bits per heavy atom. The second kappa shape index (κ2) is 16.4. The maximum absolute atomic E-state index is 16.6. The molecule has 7 N–H and O–H groups in total. The fourth-order valence-corrected chi connectivity index (χ4v) is 5.51. The third-order valence-corrected chi connectivity index (χ3v) is 8.72. The van der Waals surface area contributed by atoms with E-state index in [1.807, 2.05) is 27.7 Å². The number of nitrogens with zero attached hydrogens (tertiary/aromatic N) is 3. The first-order valence-corrected chi connectivity index (χ1v) is 16.1. The fraction of sp³-hybridized carbons (Fsp3) is 0.514. The predicted octanol–water partition coefficient (Wildman–Crippen LogP) is 5.82. The molecule has 4 atom stereocenters. The molecular weight excluding hydrogens is 623 g/mol. The number of allylic oxidation sites excluding steroid dienone is 4. The summed E-state index contributed by atoms with van der Waals surface area (Å²) in [5, 5.41) is 15.7. The number of nitrogens with one attached hydrogen (secondary N) is 2. The van der Waals surface area contributed by atoms with E-state index in [0.29, 0.717) is 47.8 Å². The molecule has 0 aliphatic carbocycles. The van der Waals surface area contributed by atoms with E-state index in [-0.39, 0.29) is 46.5 Å². The van der Waals surface area contributed by atoms with Crippen LogP contribution in [0.5, 0.6) is 5.88 Å². The van der Waals surface area contributed by atoms with Crippen LogP contribution in [-0.4, -0.2) is 66.2 Å². The van der Waals surface area contributed by atoms with E-state index in [4.69, 9.17) is 20.9 Å². The summed E-state index contributed by atoms with van der Waals surface area (Å²) in [5.74, 6) is -3.73. The Morgan fingerprint density at radius 1 is 1.15 bits per heavy atom. The lowest BCUT2D eigenvalue weighted by atomic mass is 9.82. The van der Waals surface area contributed by atoms with E-state index in [1.54, 1.807) is 27.9 Å². The molecule has 10 nitrogen and oxygen atoms in total. The number of halogens is 3. The second-order valence-electron chi connectivity index (χ2n) is 12.4. The van der Waals surface area contributed by atoms with Gasteiger partial charge in [-0.2, -0.15) is 8.78 Å². The topological polar surface area (TPSA) is 153 Å². The number of ether oxygens (including phenoxy) is 2. The highest BCUT2D eigenvalue weighted by Gasteiger charge is 2.53. The number of anilines is 1. The lowest BCUT2D eigenvalue weighted by molar-refractivity contribution is 0.0326. The second-order valence-corrected chi connectivity index (χ2v) is 12.4. The maximum atomic E-state index is 16.6. The molecule has 0 radical (unpaired) electrons. The minimum atomic E-state index is -3.54. The van der Waals surface area contributed by atoms with Crippen LogP contribution in [0.15, 0.2) is 63.2 Å². The van der Waals surface area contributed by atoms with E-state index in [0.717, 1.165) is 24.3 Å². The van der Waals surface area contributed by atoms with Crippen LogP contribution in [0.4, 0.5) is 19.0 Å². The monoisotopic (exact) mass is 673 g/mol. The zero-order valence-corrected chi connectivity index (χ0v) is 29.3. The van der Waals surface area contributed by atoms with Crippen molar-refractivity contribution in [3.05, 3.63) is 69.6 Å². The van der Waals surface area contributed by atoms with Crippen LogP contribution in [0, 0.1) is 11.7 Å². The molecule has 4 unspecified atom stereocenters. The van der Waals surface area contributed by atoms with Crippen molar-refractivity contribution in [2.24, 2.45) is 16.6 Å². The third-order valence-electron chi connectivity index (χ3n) is 8.72. The number of nitrogens with two attached hydrogens (primary N) is 2. The fourth-order valence-electron chi connectivity index (χ4n) is 5.51. The Bertz CT molecular complexity index is 1580. The number of piperidine rings is 1. The highest BCUT2D eigenvalue weighted by atomic mass is 19.3. The number of benzene rings is 1. The van der Waals surface area contributed by atoms with Crippen molar-refractivity contribution in [3.8, 4) is 17.1 Å². The number of nitrogen functional groups attached to an aromatic ring is 1. The predicted molar refractivity (Wildman–Crippen MR) is 184 cm³/mol. The molecule has 1 aromatic heterocycles. The Labute approximate surface area is 281 Å². The lowest BCUT2D eigenvalue weighted by Crippen LogP contribution is -2.50. The van der Waals surface area contributed by atoms with E-state index < -0.39 is 23.5 Å². The molecule has 2 aromatic rings. The molecule has 3 heterocycles. The van der Waals surface area contributed by atoms with E-state index in [2.05, 4.69) is 25.6 Å². The summed E-state index contributed by atoms with van der Waals surface area (Å²) >= 11 is 0. The molecule has 1 aromatic carbocycles. The summed E-state index contributed by atoms with van der Waals surface area (Å²) in [6, 6.07) is 2.13. The molecule has 2 saturated heterocycles. The SMILES string of the molecule is CC/C(C)=C(N)/N=C1\C(=C(C)C)/C(=C(/C)CC)NC(c2ccc(F)cc2-c2cnc(N)c(OC)n2)C1(F)F.COCC1NCC(C)C1O. The quantitative estimate of drug-likeness (QED) is 0.234. The minimum Gasteiger partial charge on any atom is -0.478 e. The zero-order valence-electron chi connectivity index (χ0n) is 29.3. The van der Waals surface area contributed by atoms with E-state index >= 15 is 8.78 Å². The smallest absolute Gasteiger partial charge is 0.314 e. The number of aliphatic hydroxyl groups excluding tert-OH is 1. The first-order valence-electron chi connectivity index (χ1n) is 16.1. The van der Waals surface area contributed by atoms with Gasteiger partial charge in [0.2, 0.25) is 0 Å². The number of aliphatic imine (C=N–C) groups is 1. The van der Waals surface area contributed by atoms with Crippen LogP contribution < -0.4 is 26.8 Å². The summed E-state index contributed by atoms with van der Waals surface area (Å²) in [7, 11) is 3.01. The van der Waals surface area contributed by atoms with Gasteiger partial charge in [-0.1, -0.05) is 32.4 Å². The third kappa shape index (κ3) is 8.37. The number of hydrogen-bond acceptors (Lipinski definition) is 10. The molecule has 0 saturated carbocycles. The van der Waals surface area contributed by atoms with Gasteiger partial charge in [-0.25, -0.2) is 19.4 Å². The van der Waals surface area contributed by atoms with Crippen molar-refractivity contribution in [2.75, 3.05) is 33.1 Å². The highest BCUT2D eigenvalue weighted by molar-refractivity contribution is 6.11. The molecule has 13 heteroatoms. The average Bonchev–Trinajstić information content (AvgIpc) is 3.37. The van der Waals surface area contributed by atoms with Gasteiger partial charge in [-0.05, 0) is 75.3 Å². The van der Waals surface area contributed by atoms with Crippen LogP contribution >= 0.6 is 0 Å². The van der Waals surface area contributed by atoms with Gasteiger partial charge in [0.15, 0.2) is 5.82 Å². The standard InChI is InChI=1S/C28H35F3N6O.C7H15NO2/c1-8-15(5)22-21(14(3)4)24(37-25(32)16(6)9-2)28(30,31)23(36-22)18-11-10-17(29)12-19(18)20-13-34-26(33)27(35-20)38-7;1-5-3-8-6(4-10-2)7(5)9/h10-13,23,36H,8-9,32H2,1-7H3,(H2,33,34);5-9H,3-4H2,1-2H3/b22-15+,25-16+,37-24+;. The van der Waals surface area contributed by atoms with Gasteiger partial charge in [0.05, 0.1) is 37.8 Å². The first kappa shape index (κ1) is 38.5. The maximum Gasteiger partial charge on any atom is 0.314 e. The first-order chi connectivity index (χ1) is 22.6. The summed E-state index contributed by atoms with van der Waals surface area (Å²) in [6.45, 7) is 14.5. The van der Waals surface area contributed by atoms with Gasteiger partial charge in [-0.3, -0.25) is 0 Å². The van der Waals surface area contributed by atoms with Gasteiger partial charge >= 0.3 is 5.92 Å². The number of hydrogen-bond donors (Lipinski definition) is 5. The van der Waals surface area contributed by atoms with Crippen molar-refractivity contribution in [2.45, 2.75) is 85.4 Å². The summed E-state index contributed by atoms with van der Waals surface area (Å²) in [5.41, 5.74) is 15.0. The van der Waals surface area contributed by atoms with Crippen molar-refractivity contribution in [3.63, 3.8) is 0 Å². The summed E-state index contributed by atoms with van der Waals surface area (Å²) in [4.78, 5) is 12.7. The average molecular weight is 674 g/mol. The lowest BCUT2D eigenvalue weighted by Gasteiger charge is -2.39. The van der Waals surface area contributed by atoms with Gasteiger partial charge in [0.25, 0.3) is 5.88 Å². The molecule has 264 valence electrons. The zero-order chi connectivity index (χ0) is 35.9. The largest absolute Gasteiger partial charge is 0.478 e. The van der Waals surface area contributed by atoms with Crippen LogP contribution in [0.2, 0.25) is 0 Å². The van der Waals surface area contributed by atoms with Gasteiger partial charge in [-0.15, -0.1) is 0 Å². The van der Waals surface area contributed by atoms with Crippen molar-refractivity contribution in [1.82, 2.24) is 20.6 Å². The molecule has 2 fully saturated rings. The Morgan fingerprint density at radius 3 is 2.38 bits per heavy atom. The van der Waals surface area contributed by atoms with Crippen LogP contribution in [-0.2, 0) is 4.74 Å². The van der Waals surface area contributed by atoms with Crippen LogP contribution in [0.1, 0.15) is 72.9 Å². The molecule has 0 amide bonds. The van der Waals surface area contributed by atoms with Gasteiger partial charge < -0.3 is 36.7 Å². The minimum absolute atomic E-state index is 0.00511. The summed E-state index contributed by atoms with van der Waals surface area (Å²) < 4.78 is 57.8. The number of rotatable bonds is 8. The van der Waals surface area contributed by atoms with E-state index in [1.165, 1.54) is 19.4 Å². The molecule has 4 rings (SSSR count). The van der Waals surface area contributed by atoms with Crippen molar-refractivity contribution < 1.29 is 27.8 Å². The normalized spacial score (nSPS) is 24.4. The molecule has 0 bridgehead atoms. The van der Waals surface area contributed by atoms with Crippen molar-refractivity contribution in [1.29, 1.82) is 0 Å². The van der Waals surface area contributed by atoms with E-state index in [9.17, 15) is 9.50 Å². The van der Waals surface area contributed by atoms with Crippen LogP contribution in [0.25, 0.3) is 11.3 Å². The van der Waals surface area contributed by atoms with Crippen LogP contribution in [0.3, 0.4) is 0 Å². The van der Waals surface area contributed by atoms with Gasteiger partial charge in [0, 0.05) is 30.5 Å². The Balaban J connectivity index is 0.000000533.